The molecule has 0 radical (unpaired) electrons. The Kier molecular flexibility index (Phi) is 4.86. The van der Waals surface area contributed by atoms with Crippen molar-refractivity contribution in [2.45, 2.75) is 26.8 Å². The van der Waals surface area contributed by atoms with Crippen LogP contribution in [0.5, 0.6) is 0 Å². The van der Waals surface area contributed by atoms with Gasteiger partial charge >= 0.3 is 0 Å². The minimum atomic E-state index is 0.539. The van der Waals surface area contributed by atoms with Crippen molar-refractivity contribution in [1.29, 1.82) is 0 Å². The molecule has 2 nitrogen and oxygen atoms in total. The summed E-state index contributed by atoms with van der Waals surface area (Å²) < 4.78 is 0. The van der Waals surface area contributed by atoms with E-state index in [4.69, 9.17) is 5.73 Å². The molecular formula is C22H26N2. The van der Waals surface area contributed by atoms with Gasteiger partial charge in [0.25, 0.3) is 0 Å². The van der Waals surface area contributed by atoms with Crippen molar-refractivity contribution in [3.8, 4) is 0 Å². The van der Waals surface area contributed by atoms with E-state index in [0.717, 1.165) is 17.7 Å². The number of anilines is 1. The quantitative estimate of drug-likeness (QED) is 0.832. The van der Waals surface area contributed by atoms with Crippen LogP contribution in [0.4, 0.5) is 5.69 Å². The van der Waals surface area contributed by atoms with Gasteiger partial charge in [-0.3, -0.25) is 0 Å². The van der Waals surface area contributed by atoms with Gasteiger partial charge in [0.2, 0.25) is 0 Å². The first kappa shape index (κ1) is 16.5. The number of nitrogens with one attached hydrogen (secondary N) is 1. The van der Waals surface area contributed by atoms with Gasteiger partial charge in [0.05, 0.1) is 0 Å². The van der Waals surface area contributed by atoms with Gasteiger partial charge in [-0.15, -0.1) is 0 Å². The normalized spacial score (nSPS) is 17.2. The van der Waals surface area contributed by atoms with Crippen molar-refractivity contribution in [1.82, 2.24) is 0 Å². The lowest BCUT2D eigenvalue weighted by molar-refractivity contribution is 0.751. The van der Waals surface area contributed by atoms with E-state index >= 15 is 0 Å². The largest absolute Gasteiger partial charge is 0.388 e. The van der Waals surface area contributed by atoms with Gasteiger partial charge in [-0.2, -0.15) is 0 Å². The maximum atomic E-state index is 5.94. The predicted octanol–water partition coefficient (Wildman–Crippen LogP) is 5.00. The molecule has 0 amide bonds. The van der Waals surface area contributed by atoms with Crippen molar-refractivity contribution in [3.05, 3.63) is 76.9 Å². The Morgan fingerprint density at radius 1 is 1.12 bits per heavy atom. The smallest absolute Gasteiger partial charge is 0.0383 e. The highest BCUT2D eigenvalue weighted by molar-refractivity contribution is 5.97. The maximum Gasteiger partial charge on any atom is 0.0383 e. The van der Waals surface area contributed by atoms with Crippen LogP contribution in [-0.2, 0) is 6.54 Å². The monoisotopic (exact) mass is 318 g/mol. The average Bonchev–Trinajstić information content (AvgIpc) is 2.61. The first-order valence-corrected chi connectivity index (χ1v) is 8.62. The van der Waals surface area contributed by atoms with Crippen LogP contribution in [0.3, 0.4) is 0 Å². The summed E-state index contributed by atoms with van der Waals surface area (Å²) in [5, 5.41) is 3.22. The lowest BCUT2D eigenvalue weighted by Gasteiger charge is -2.22. The number of hydrogen-bond acceptors (Lipinski definition) is 2. The molecule has 0 saturated heterocycles. The first-order valence-electron chi connectivity index (χ1n) is 8.62. The third-order valence-corrected chi connectivity index (χ3v) is 4.71. The van der Waals surface area contributed by atoms with Crippen LogP contribution in [-0.4, -0.2) is 7.05 Å². The van der Waals surface area contributed by atoms with Crippen molar-refractivity contribution in [2.75, 3.05) is 12.4 Å². The molecule has 0 fully saturated rings. The Balaban J connectivity index is 2.14. The van der Waals surface area contributed by atoms with Crippen LogP contribution < -0.4 is 11.1 Å². The number of rotatable bonds is 4. The summed E-state index contributed by atoms with van der Waals surface area (Å²) in [5.74, 6) is 0.565. The SMILES string of the molecule is CNc1ccc(C2=C(c3cccc(C)c3)CC(C)C=C2)cc1CN. The summed E-state index contributed by atoms with van der Waals surface area (Å²) in [7, 11) is 1.94. The fourth-order valence-corrected chi connectivity index (χ4v) is 3.41. The van der Waals surface area contributed by atoms with E-state index in [1.807, 2.05) is 7.05 Å². The minimum absolute atomic E-state index is 0.539. The zero-order valence-electron chi connectivity index (χ0n) is 14.8. The second kappa shape index (κ2) is 7.06. The van der Waals surface area contributed by atoms with Crippen molar-refractivity contribution < 1.29 is 0 Å². The van der Waals surface area contributed by atoms with Crippen LogP contribution in [0.25, 0.3) is 11.1 Å². The number of allylic oxidation sites excluding steroid dienone is 4. The van der Waals surface area contributed by atoms with Crippen LogP contribution in [0, 0.1) is 12.8 Å². The molecule has 1 unspecified atom stereocenters. The fraction of sp³-hybridized carbons (Fsp3) is 0.273. The van der Waals surface area contributed by atoms with E-state index in [0.29, 0.717) is 12.5 Å². The molecular weight excluding hydrogens is 292 g/mol. The predicted molar refractivity (Wildman–Crippen MR) is 105 cm³/mol. The Morgan fingerprint density at radius 2 is 1.96 bits per heavy atom. The highest BCUT2D eigenvalue weighted by atomic mass is 14.8. The molecule has 0 bridgehead atoms. The maximum absolute atomic E-state index is 5.94. The van der Waals surface area contributed by atoms with E-state index in [2.05, 4.69) is 73.8 Å². The van der Waals surface area contributed by atoms with Crippen molar-refractivity contribution in [2.24, 2.45) is 11.7 Å². The molecule has 0 aromatic heterocycles. The van der Waals surface area contributed by atoms with E-state index in [9.17, 15) is 0 Å². The van der Waals surface area contributed by atoms with Gasteiger partial charge in [0.1, 0.15) is 0 Å². The zero-order chi connectivity index (χ0) is 17.1. The Hall–Kier alpha value is -2.32. The molecule has 1 aliphatic carbocycles. The molecule has 0 saturated carbocycles. The molecule has 3 rings (SSSR count). The highest BCUT2D eigenvalue weighted by Gasteiger charge is 2.17. The summed E-state index contributed by atoms with van der Waals surface area (Å²) >= 11 is 0. The third-order valence-electron chi connectivity index (χ3n) is 4.71. The third kappa shape index (κ3) is 3.29. The van der Waals surface area contributed by atoms with Gasteiger partial charge < -0.3 is 11.1 Å². The molecule has 24 heavy (non-hydrogen) atoms. The molecule has 0 aliphatic heterocycles. The summed E-state index contributed by atoms with van der Waals surface area (Å²) in [6.07, 6.45) is 5.66. The summed E-state index contributed by atoms with van der Waals surface area (Å²) in [4.78, 5) is 0. The molecule has 2 heteroatoms. The topological polar surface area (TPSA) is 38.0 Å². The minimum Gasteiger partial charge on any atom is -0.388 e. The molecule has 1 aliphatic rings. The summed E-state index contributed by atoms with van der Waals surface area (Å²) in [6.45, 7) is 4.97. The number of aryl methyl sites for hydroxylation is 1. The molecule has 124 valence electrons. The van der Waals surface area contributed by atoms with Gasteiger partial charge in [0, 0.05) is 19.3 Å². The fourth-order valence-electron chi connectivity index (χ4n) is 3.41. The van der Waals surface area contributed by atoms with Gasteiger partial charge in [-0.05, 0) is 59.2 Å². The van der Waals surface area contributed by atoms with Crippen molar-refractivity contribution >= 4 is 16.8 Å². The molecule has 0 spiro atoms. The summed E-state index contributed by atoms with van der Waals surface area (Å²) in [5.41, 5.74) is 14.8. The molecule has 2 aromatic rings. The Labute approximate surface area is 145 Å². The Bertz CT molecular complexity index is 799. The standard InChI is InChI=1S/C22H26N2/c1-15-5-4-6-17(11-15)21-12-16(2)7-9-20(21)18-8-10-22(24-3)19(13-18)14-23/h4-11,13,16,24H,12,14,23H2,1-3H3. The van der Waals surface area contributed by atoms with Crippen molar-refractivity contribution in [3.63, 3.8) is 0 Å². The van der Waals surface area contributed by atoms with E-state index in [-0.39, 0.29) is 0 Å². The van der Waals surface area contributed by atoms with Gasteiger partial charge in [0.15, 0.2) is 0 Å². The molecule has 0 heterocycles. The van der Waals surface area contributed by atoms with E-state index in [1.165, 1.54) is 27.8 Å². The molecule has 3 N–H and O–H groups in total. The average molecular weight is 318 g/mol. The zero-order valence-corrected chi connectivity index (χ0v) is 14.8. The van der Waals surface area contributed by atoms with Gasteiger partial charge in [-0.25, -0.2) is 0 Å². The van der Waals surface area contributed by atoms with Gasteiger partial charge in [-0.1, -0.05) is 55.0 Å². The number of hydrogen-bond donors (Lipinski definition) is 2. The van der Waals surface area contributed by atoms with Crippen LogP contribution >= 0.6 is 0 Å². The summed E-state index contributed by atoms with van der Waals surface area (Å²) in [6, 6.07) is 15.3. The van der Waals surface area contributed by atoms with Crippen LogP contribution in [0.1, 0.15) is 35.6 Å². The van der Waals surface area contributed by atoms with Crippen LogP contribution in [0.2, 0.25) is 0 Å². The second-order valence-electron chi connectivity index (χ2n) is 6.63. The Morgan fingerprint density at radius 3 is 2.67 bits per heavy atom. The lowest BCUT2D eigenvalue weighted by atomic mass is 9.83. The lowest BCUT2D eigenvalue weighted by Crippen LogP contribution is -2.05. The van der Waals surface area contributed by atoms with E-state index in [1.54, 1.807) is 0 Å². The van der Waals surface area contributed by atoms with E-state index < -0.39 is 0 Å². The first-order chi connectivity index (χ1) is 11.6. The molecule has 2 aromatic carbocycles. The number of nitrogens with two attached hydrogens (primary N) is 1. The highest BCUT2D eigenvalue weighted by Crippen LogP contribution is 2.37. The second-order valence-corrected chi connectivity index (χ2v) is 6.63. The number of benzene rings is 2. The van der Waals surface area contributed by atoms with Crippen LogP contribution in [0.15, 0.2) is 54.6 Å². The molecule has 1 atom stereocenters.